The van der Waals surface area contributed by atoms with E-state index in [9.17, 15) is 9.59 Å². The number of ether oxygens (including phenoxy) is 1. The van der Waals surface area contributed by atoms with E-state index in [-0.39, 0.29) is 11.8 Å². The Kier molecular flexibility index (Phi) is 6.72. The molecule has 2 unspecified atom stereocenters. The smallest absolute Gasteiger partial charge is 0.307 e. The van der Waals surface area contributed by atoms with E-state index in [4.69, 9.17) is 9.84 Å². The van der Waals surface area contributed by atoms with Gasteiger partial charge in [0, 0.05) is 13.2 Å². The summed E-state index contributed by atoms with van der Waals surface area (Å²) in [4.78, 5) is 22.8. The fourth-order valence-corrected chi connectivity index (χ4v) is 2.30. The van der Waals surface area contributed by atoms with E-state index in [1.807, 2.05) is 0 Å². The highest BCUT2D eigenvalue weighted by atomic mass is 16.5. The van der Waals surface area contributed by atoms with Crippen molar-refractivity contribution in [2.45, 2.75) is 39.0 Å². The van der Waals surface area contributed by atoms with Crippen LogP contribution in [-0.4, -0.2) is 36.7 Å². The zero-order valence-corrected chi connectivity index (χ0v) is 11.0. The van der Waals surface area contributed by atoms with E-state index < -0.39 is 11.9 Å². The Morgan fingerprint density at radius 3 is 2.67 bits per heavy atom. The number of carbonyl (C=O) groups is 2. The van der Waals surface area contributed by atoms with Crippen LogP contribution in [0.15, 0.2) is 0 Å². The third kappa shape index (κ3) is 4.64. The van der Waals surface area contributed by atoms with Gasteiger partial charge >= 0.3 is 5.97 Å². The van der Waals surface area contributed by atoms with Crippen LogP contribution in [0.2, 0.25) is 0 Å². The van der Waals surface area contributed by atoms with Crippen molar-refractivity contribution in [3.63, 3.8) is 0 Å². The highest BCUT2D eigenvalue weighted by molar-refractivity contribution is 5.85. The molecule has 1 rings (SSSR count). The van der Waals surface area contributed by atoms with Crippen LogP contribution >= 0.6 is 0 Å². The quantitative estimate of drug-likeness (QED) is 0.645. The minimum atomic E-state index is -0.855. The lowest BCUT2D eigenvalue weighted by molar-refractivity contribution is -0.146. The predicted octanol–water partition coefficient (Wildman–Crippen LogP) is 1.42. The molecule has 0 heterocycles. The van der Waals surface area contributed by atoms with Crippen LogP contribution in [-0.2, 0) is 14.3 Å². The molecule has 2 atom stereocenters. The van der Waals surface area contributed by atoms with Crippen molar-refractivity contribution in [1.82, 2.24) is 5.32 Å². The normalized spacial score (nSPS) is 22.9. The monoisotopic (exact) mass is 257 g/mol. The highest BCUT2D eigenvalue weighted by Gasteiger charge is 2.37. The van der Waals surface area contributed by atoms with Crippen molar-refractivity contribution >= 4 is 11.9 Å². The first-order chi connectivity index (χ1) is 8.66. The van der Waals surface area contributed by atoms with Crippen molar-refractivity contribution in [2.75, 3.05) is 19.8 Å². The van der Waals surface area contributed by atoms with Crippen LogP contribution in [0.25, 0.3) is 0 Å². The lowest BCUT2D eigenvalue weighted by Crippen LogP contribution is -2.36. The van der Waals surface area contributed by atoms with Crippen molar-refractivity contribution in [3.8, 4) is 0 Å². The predicted molar refractivity (Wildman–Crippen MR) is 67.2 cm³/mol. The van der Waals surface area contributed by atoms with Crippen LogP contribution < -0.4 is 5.32 Å². The molecular formula is C13H23NO4. The van der Waals surface area contributed by atoms with Gasteiger partial charge in [-0.3, -0.25) is 9.59 Å². The van der Waals surface area contributed by atoms with Gasteiger partial charge in [0.05, 0.1) is 18.4 Å². The fraction of sp³-hybridized carbons (Fsp3) is 0.846. The summed E-state index contributed by atoms with van der Waals surface area (Å²) in [6.45, 7) is 3.77. The zero-order chi connectivity index (χ0) is 13.4. The Morgan fingerprint density at radius 1 is 1.28 bits per heavy atom. The van der Waals surface area contributed by atoms with E-state index in [0.29, 0.717) is 32.6 Å². The number of rotatable bonds is 8. The van der Waals surface area contributed by atoms with Crippen molar-refractivity contribution in [1.29, 1.82) is 0 Å². The van der Waals surface area contributed by atoms with Crippen molar-refractivity contribution < 1.29 is 19.4 Å². The molecule has 0 aromatic heterocycles. The summed E-state index contributed by atoms with van der Waals surface area (Å²) in [5, 5.41) is 11.8. The number of nitrogens with one attached hydrogen (secondary N) is 1. The molecule has 5 heteroatoms. The number of aliphatic carboxylic acids is 1. The van der Waals surface area contributed by atoms with Gasteiger partial charge in [0.25, 0.3) is 0 Å². The van der Waals surface area contributed by atoms with Crippen molar-refractivity contribution in [2.24, 2.45) is 11.8 Å². The maximum absolute atomic E-state index is 11.8. The Hall–Kier alpha value is -1.10. The standard InChI is InChI=1S/C13H23NO4/c1-2-3-8-18-9-7-14-12(15)10-5-4-6-11(10)13(16)17/h10-11H,2-9H2,1H3,(H,14,15)(H,16,17). The van der Waals surface area contributed by atoms with Crippen LogP contribution in [0, 0.1) is 11.8 Å². The van der Waals surface area contributed by atoms with Gasteiger partial charge in [0.2, 0.25) is 5.91 Å². The molecular weight excluding hydrogens is 234 g/mol. The number of carboxylic acid groups (broad SMARTS) is 1. The molecule has 18 heavy (non-hydrogen) atoms. The molecule has 1 amide bonds. The fourth-order valence-electron chi connectivity index (χ4n) is 2.30. The van der Waals surface area contributed by atoms with Crippen LogP contribution in [0.1, 0.15) is 39.0 Å². The van der Waals surface area contributed by atoms with E-state index in [2.05, 4.69) is 12.2 Å². The van der Waals surface area contributed by atoms with Gasteiger partial charge in [-0.15, -0.1) is 0 Å². The number of unbranched alkanes of at least 4 members (excludes halogenated alkanes) is 1. The molecule has 1 aliphatic rings. The van der Waals surface area contributed by atoms with Gasteiger partial charge in [-0.25, -0.2) is 0 Å². The SMILES string of the molecule is CCCCOCCNC(=O)C1CCCC1C(=O)O. The lowest BCUT2D eigenvalue weighted by Gasteiger charge is -2.15. The molecule has 1 saturated carbocycles. The number of hydrogen-bond donors (Lipinski definition) is 2. The molecule has 0 bridgehead atoms. The summed E-state index contributed by atoms with van der Waals surface area (Å²) >= 11 is 0. The molecule has 0 spiro atoms. The van der Waals surface area contributed by atoms with E-state index in [0.717, 1.165) is 19.3 Å². The molecule has 0 aliphatic heterocycles. The Morgan fingerprint density at radius 2 is 2.00 bits per heavy atom. The third-order valence-electron chi connectivity index (χ3n) is 3.36. The largest absolute Gasteiger partial charge is 0.481 e. The number of amides is 1. The van der Waals surface area contributed by atoms with Gasteiger partial charge < -0.3 is 15.2 Å². The Bertz CT molecular complexity index is 280. The van der Waals surface area contributed by atoms with Gasteiger partial charge in [-0.1, -0.05) is 19.8 Å². The molecule has 0 aromatic rings. The van der Waals surface area contributed by atoms with Gasteiger partial charge in [0.1, 0.15) is 0 Å². The average molecular weight is 257 g/mol. The molecule has 0 saturated heterocycles. The molecule has 104 valence electrons. The number of carboxylic acids is 1. The van der Waals surface area contributed by atoms with Gasteiger partial charge in [0.15, 0.2) is 0 Å². The molecule has 2 N–H and O–H groups in total. The number of carbonyl (C=O) groups excluding carboxylic acids is 1. The van der Waals surface area contributed by atoms with Gasteiger partial charge in [-0.2, -0.15) is 0 Å². The average Bonchev–Trinajstić information content (AvgIpc) is 2.82. The molecule has 0 radical (unpaired) electrons. The van der Waals surface area contributed by atoms with E-state index >= 15 is 0 Å². The van der Waals surface area contributed by atoms with E-state index in [1.54, 1.807) is 0 Å². The van der Waals surface area contributed by atoms with Crippen LogP contribution in [0.4, 0.5) is 0 Å². The maximum Gasteiger partial charge on any atom is 0.307 e. The highest BCUT2D eigenvalue weighted by Crippen LogP contribution is 2.31. The van der Waals surface area contributed by atoms with Crippen molar-refractivity contribution in [3.05, 3.63) is 0 Å². The van der Waals surface area contributed by atoms with Crippen LogP contribution in [0.5, 0.6) is 0 Å². The van der Waals surface area contributed by atoms with E-state index in [1.165, 1.54) is 0 Å². The summed E-state index contributed by atoms with van der Waals surface area (Å²) in [6.07, 6.45) is 4.23. The minimum absolute atomic E-state index is 0.140. The third-order valence-corrected chi connectivity index (χ3v) is 3.36. The minimum Gasteiger partial charge on any atom is -0.481 e. The Balaban J connectivity index is 2.18. The topological polar surface area (TPSA) is 75.6 Å². The summed E-state index contributed by atoms with van der Waals surface area (Å²) in [6, 6.07) is 0. The van der Waals surface area contributed by atoms with Gasteiger partial charge in [-0.05, 0) is 19.3 Å². The molecule has 0 aromatic carbocycles. The first-order valence-corrected chi connectivity index (χ1v) is 6.75. The zero-order valence-electron chi connectivity index (χ0n) is 11.0. The first-order valence-electron chi connectivity index (χ1n) is 6.75. The first kappa shape index (κ1) is 15.0. The summed E-state index contributed by atoms with van der Waals surface area (Å²) in [7, 11) is 0. The molecule has 5 nitrogen and oxygen atoms in total. The second-order valence-corrected chi connectivity index (χ2v) is 4.74. The second kappa shape index (κ2) is 8.08. The van der Waals surface area contributed by atoms with Crippen LogP contribution in [0.3, 0.4) is 0 Å². The summed E-state index contributed by atoms with van der Waals surface area (Å²) in [5.74, 6) is -1.87. The summed E-state index contributed by atoms with van der Waals surface area (Å²) in [5.41, 5.74) is 0. The summed E-state index contributed by atoms with van der Waals surface area (Å²) < 4.78 is 5.33. The molecule has 1 fully saturated rings. The maximum atomic E-state index is 11.8. The Labute approximate surface area is 108 Å². The number of hydrogen-bond acceptors (Lipinski definition) is 3. The lowest BCUT2D eigenvalue weighted by atomic mass is 9.95. The second-order valence-electron chi connectivity index (χ2n) is 4.74. The molecule has 1 aliphatic carbocycles.